The maximum absolute atomic E-state index is 5.34. The summed E-state index contributed by atoms with van der Waals surface area (Å²) in [4.78, 5) is 0.402. The summed E-state index contributed by atoms with van der Waals surface area (Å²) in [5, 5.41) is 0. The molecule has 0 fully saturated rings. The molecule has 104 valence electrons. The van der Waals surface area contributed by atoms with Gasteiger partial charge in [0.25, 0.3) is 0 Å². The predicted octanol–water partition coefficient (Wildman–Crippen LogP) is 4.85. The summed E-state index contributed by atoms with van der Waals surface area (Å²) < 4.78 is 5.34. The van der Waals surface area contributed by atoms with Crippen molar-refractivity contribution in [3.05, 3.63) is 64.7 Å². The van der Waals surface area contributed by atoms with E-state index in [2.05, 4.69) is 65.3 Å². The van der Waals surface area contributed by atoms with Crippen LogP contribution < -0.4 is 4.74 Å². The molecule has 0 N–H and O–H groups in total. The molecule has 0 heterocycles. The minimum absolute atomic E-state index is 0.402. The summed E-state index contributed by atoms with van der Waals surface area (Å²) in [6, 6.07) is 15.3. The lowest BCUT2D eigenvalue weighted by Crippen LogP contribution is -2.08. The Kier molecular flexibility index (Phi) is 3.84. The van der Waals surface area contributed by atoms with Crippen LogP contribution in [0.25, 0.3) is 0 Å². The van der Waals surface area contributed by atoms with Crippen LogP contribution in [0.2, 0.25) is 0 Å². The van der Waals surface area contributed by atoms with E-state index in [4.69, 9.17) is 4.74 Å². The maximum Gasteiger partial charge on any atom is 0.121 e. The van der Waals surface area contributed by atoms with E-state index >= 15 is 0 Å². The minimum Gasteiger partial charge on any atom is -0.496 e. The smallest absolute Gasteiger partial charge is 0.121 e. The molecule has 0 saturated heterocycles. The van der Waals surface area contributed by atoms with Crippen LogP contribution in [0.3, 0.4) is 0 Å². The Hall–Kier alpha value is -1.28. The first-order valence-electron chi connectivity index (χ1n) is 7.04. The molecule has 0 spiro atoms. The van der Waals surface area contributed by atoms with Gasteiger partial charge in [-0.3, -0.25) is 0 Å². The lowest BCUT2D eigenvalue weighted by molar-refractivity contribution is 0.411. The quantitative estimate of drug-likeness (QED) is 0.730. The monoisotopic (exact) mass is 330 g/mol. The van der Waals surface area contributed by atoms with E-state index in [9.17, 15) is 0 Å². The number of hydrogen-bond acceptors (Lipinski definition) is 1. The highest BCUT2D eigenvalue weighted by atomic mass is 79.9. The molecule has 1 nitrogen and oxygen atoms in total. The number of hydrogen-bond donors (Lipinski definition) is 0. The van der Waals surface area contributed by atoms with Crippen LogP contribution in [0.4, 0.5) is 0 Å². The van der Waals surface area contributed by atoms with E-state index in [1.165, 1.54) is 22.3 Å². The molecule has 0 aromatic heterocycles. The molecule has 0 saturated carbocycles. The number of fused-ring (bicyclic) bond motifs is 1. The van der Waals surface area contributed by atoms with Gasteiger partial charge in [0.1, 0.15) is 5.75 Å². The van der Waals surface area contributed by atoms with E-state index in [0.29, 0.717) is 10.7 Å². The molecule has 1 aliphatic carbocycles. The summed E-state index contributed by atoms with van der Waals surface area (Å²) in [6.45, 7) is 2.10. The Morgan fingerprint density at radius 3 is 2.30 bits per heavy atom. The van der Waals surface area contributed by atoms with Gasteiger partial charge in [-0.1, -0.05) is 52.3 Å². The van der Waals surface area contributed by atoms with E-state index in [0.717, 1.165) is 18.6 Å². The van der Waals surface area contributed by atoms with Crippen molar-refractivity contribution in [2.24, 2.45) is 5.92 Å². The Bertz CT molecular complexity index is 596. The third-order valence-electron chi connectivity index (χ3n) is 4.23. The van der Waals surface area contributed by atoms with E-state index in [1.54, 1.807) is 7.11 Å². The van der Waals surface area contributed by atoms with Gasteiger partial charge in [-0.05, 0) is 54.0 Å². The zero-order valence-corrected chi connectivity index (χ0v) is 13.5. The largest absolute Gasteiger partial charge is 0.496 e. The molecule has 2 heteroatoms. The van der Waals surface area contributed by atoms with Gasteiger partial charge < -0.3 is 4.74 Å². The van der Waals surface area contributed by atoms with Crippen LogP contribution in [0.1, 0.15) is 27.1 Å². The summed E-state index contributed by atoms with van der Waals surface area (Å²) in [5.74, 6) is 1.60. The first-order valence-corrected chi connectivity index (χ1v) is 7.96. The molecule has 0 radical (unpaired) electrons. The van der Waals surface area contributed by atoms with Gasteiger partial charge in [0, 0.05) is 4.83 Å². The summed E-state index contributed by atoms with van der Waals surface area (Å²) in [5.41, 5.74) is 5.56. The van der Waals surface area contributed by atoms with Crippen LogP contribution in [-0.4, -0.2) is 7.11 Å². The zero-order valence-electron chi connectivity index (χ0n) is 11.9. The average Bonchev–Trinajstić information content (AvgIpc) is 2.90. The van der Waals surface area contributed by atoms with Crippen molar-refractivity contribution >= 4 is 15.9 Å². The molecule has 1 atom stereocenters. The molecule has 0 aliphatic heterocycles. The summed E-state index contributed by atoms with van der Waals surface area (Å²) in [7, 11) is 1.72. The molecular weight excluding hydrogens is 312 g/mol. The van der Waals surface area contributed by atoms with Crippen molar-refractivity contribution in [2.45, 2.75) is 24.6 Å². The highest BCUT2D eigenvalue weighted by Crippen LogP contribution is 2.41. The van der Waals surface area contributed by atoms with E-state index in [-0.39, 0.29) is 0 Å². The SMILES string of the molecule is COc1ccc(C(Br)C2Cc3ccccc3C2)cc1C. The van der Waals surface area contributed by atoms with E-state index < -0.39 is 0 Å². The van der Waals surface area contributed by atoms with Gasteiger partial charge in [0.15, 0.2) is 0 Å². The normalized spacial score (nSPS) is 15.9. The molecule has 0 amide bonds. The van der Waals surface area contributed by atoms with Crippen LogP contribution in [0.5, 0.6) is 5.75 Å². The average molecular weight is 331 g/mol. The van der Waals surface area contributed by atoms with Crippen LogP contribution in [0, 0.1) is 12.8 Å². The second kappa shape index (κ2) is 5.61. The number of ether oxygens (including phenoxy) is 1. The first-order chi connectivity index (χ1) is 9.69. The van der Waals surface area contributed by atoms with Gasteiger partial charge in [-0.2, -0.15) is 0 Å². The molecule has 1 unspecified atom stereocenters. The van der Waals surface area contributed by atoms with Crippen molar-refractivity contribution in [1.29, 1.82) is 0 Å². The van der Waals surface area contributed by atoms with Gasteiger partial charge in [0.2, 0.25) is 0 Å². The molecule has 20 heavy (non-hydrogen) atoms. The fourth-order valence-electron chi connectivity index (χ4n) is 3.15. The summed E-state index contributed by atoms with van der Waals surface area (Å²) in [6.07, 6.45) is 2.33. The van der Waals surface area contributed by atoms with E-state index in [1.807, 2.05) is 0 Å². The molecule has 2 aromatic carbocycles. The van der Waals surface area contributed by atoms with Crippen molar-refractivity contribution in [3.8, 4) is 5.75 Å². The lowest BCUT2D eigenvalue weighted by Gasteiger charge is -2.19. The van der Waals surface area contributed by atoms with Crippen LogP contribution >= 0.6 is 15.9 Å². The fourth-order valence-corrected chi connectivity index (χ4v) is 3.80. The lowest BCUT2D eigenvalue weighted by atomic mass is 9.95. The summed E-state index contributed by atoms with van der Waals surface area (Å²) >= 11 is 3.91. The molecule has 0 bridgehead atoms. The number of alkyl halides is 1. The molecule has 1 aliphatic rings. The van der Waals surface area contributed by atoms with Crippen molar-refractivity contribution in [3.63, 3.8) is 0 Å². The van der Waals surface area contributed by atoms with Gasteiger partial charge in [0.05, 0.1) is 7.11 Å². The molecule has 3 rings (SSSR count). The maximum atomic E-state index is 5.34. The number of benzene rings is 2. The highest BCUT2D eigenvalue weighted by molar-refractivity contribution is 9.09. The van der Waals surface area contributed by atoms with Gasteiger partial charge in [-0.25, -0.2) is 0 Å². The molecule has 2 aromatic rings. The van der Waals surface area contributed by atoms with Crippen molar-refractivity contribution in [1.82, 2.24) is 0 Å². The third kappa shape index (κ3) is 2.49. The van der Waals surface area contributed by atoms with Gasteiger partial charge >= 0.3 is 0 Å². The van der Waals surface area contributed by atoms with Crippen molar-refractivity contribution in [2.75, 3.05) is 7.11 Å². The zero-order chi connectivity index (χ0) is 14.1. The minimum atomic E-state index is 0.402. The predicted molar refractivity (Wildman–Crippen MR) is 86.7 cm³/mol. The Morgan fingerprint density at radius 2 is 1.75 bits per heavy atom. The number of aryl methyl sites for hydroxylation is 1. The third-order valence-corrected chi connectivity index (χ3v) is 5.51. The number of rotatable bonds is 3. The number of halogens is 1. The number of methoxy groups -OCH3 is 1. The topological polar surface area (TPSA) is 9.23 Å². The van der Waals surface area contributed by atoms with Crippen LogP contribution in [0.15, 0.2) is 42.5 Å². The highest BCUT2D eigenvalue weighted by Gasteiger charge is 2.28. The Morgan fingerprint density at radius 1 is 1.10 bits per heavy atom. The first kappa shape index (κ1) is 13.7. The van der Waals surface area contributed by atoms with Crippen molar-refractivity contribution < 1.29 is 4.74 Å². The second-order valence-corrected chi connectivity index (χ2v) is 6.55. The van der Waals surface area contributed by atoms with Crippen LogP contribution in [-0.2, 0) is 12.8 Å². The standard InChI is InChI=1S/C18H19BrO/c1-12-9-15(7-8-17(12)20-2)18(19)16-10-13-5-3-4-6-14(13)11-16/h3-9,16,18H,10-11H2,1-2H3. The Labute approximate surface area is 129 Å². The molecular formula is C18H19BrO. The van der Waals surface area contributed by atoms with Gasteiger partial charge in [-0.15, -0.1) is 0 Å². The fraction of sp³-hybridized carbons (Fsp3) is 0.333. The Balaban J connectivity index is 1.81. The second-order valence-electron chi connectivity index (χ2n) is 5.57.